The lowest BCUT2D eigenvalue weighted by Crippen LogP contribution is -2.23. The van der Waals surface area contributed by atoms with E-state index in [2.05, 4.69) is 25.8 Å². The van der Waals surface area contributed by atoms with Gasteiger partial charge in [-0.2, -0.15) is 0 Å². The van der Waals surface area contributed by atoms with Gasteiger partial charge in [-0.15, -0.1) is 5.10 Å². The zero-order chi connectivity index (χ0) is 20.8. The van der Waals surface area contributed by atoms with E-state index in [0.717, 1.165) is 11.8 Å². The molecule has 0 aliphatic heterocycles. The van der Waals surface area contributed by atoms with Crippen molar-refractivity contribution in [2.75, 3.05) is 11.1 Å². The summed E-state index contributed by atoms with van der Waals surface area (Å²) in [7, 11) is 0. The Balaban J connectivity index is 1.46. The second-order valence-electron chi connectivity index (χ2n) is 5.72. The van der Waals surface area contributed by atoms with Crippen LogP contribution in [0.4, 0.5) is 10.1 Å². The highest BCUT2D eigenvalue weighted by atomic mass is 35.5. The monoisotopic (exact) mass is 453 g/mol. The number of H-pyrrole nitrogens is 1. The minimum atomic E-state index is -0.560. The summed E-state index contributed by atoms with van der Waals surface area (Å²) in [6, 6.07) is 10.4. The Kier molecular flexibility index (Phi) is 7.08. The zero-order valence-corrected chi connectivity index (χ0v) is 17.0. The van der Waals surface area contributed by atoms with E-state index in [1.54, 1.807) is 24.3 Å². The number of rotatable bonds is 7. The SMILES string of the molecule is O=C(CSc1n[nH]c(CNC(=O)c2ccc(Cl)cc2)n1)Nc1ccc(F)c(Cl)c1. The maximum Gasteiger partial charge on any atom is 0.251 e. The van der Waals surface area contributed by atoms with Crippen molar-refractivity contribution < 1.29 is 14.0 Å². The number of carbonyl (C=O) groups excluding carboxylic acids is 2. The molecule has 2 aromatic carbocycles. The number of benzene rings is 2. The molecule has 0 aliphatic carbocycles. The Morgan fingerprint density at radius 3 is 2.62 bits per heavy atom. The number of halogens is 3. The largest absolute Gasteiger partial charge is 0.345 e. The van der Waals surface area contributed by atoms with Crippen molar-refractivity contribution in [2.24, 2.45) is 0 Å². The molecular formula is C18H14Cl2FN5O2S. The van der Waals surface area contributed by atoms with Crippen LogP contribution in [0.25, 0.3) is 0 Å². The summed E-state index contributed by atoms with van der Waals surface area (Å²) in [5, 5.41) is 12.8. The van der Waals surface area contributed by atoms with Crippen molar-refractivity contribution in [3.63, 3.8) is 0 Å². The Hall–Kier alpha value is -2.62. The van der Waals surface area contributed by atoms with Crippen LogP contribution in [-0.4, -0.2) is 32.7 Å². The van der Waals surface area contributed by atoms with Crippen LogP contribution in [-0.2, 0) is 11.3 Å². The quantitative estimate of drug-likeness (QED) is 0.470. The average molecular weight is 454 g/mol. The summed E-state index contributed by atoms with van der Waals surface area (Å²) in [5.41, 5.74) is 0.865. The lowest BCUT2D eigenvalue weighted by molar-refractivity contribution is -0.113. The molecule has 1 heterocycles. The fourth-order valence-corrected chi connectivity index (χ4v) is 3.11. The molecule has 3 rings (SSSR count). The first-order valence-corrected chi connectivity index (χ1v) is 9.97. The molecule has 0 saturated heterocycles. The number of hydrogen-bond donors (Lipinski definition) is 3. The first kappa shape index (κ1) is 21.1. The number of thioether (sulfide) groups is 1. The van der Waals surface area contributed by atoms with Gasteiger partial charge in [0.15, 0.2) is 0 Å². The molecule has 11 heteroatoms. The normalized spacial score (nSPS) is 10.6. The van der Waals surface area contributed by atoms with Crippen LogP contribution >= 0.6 is 35.0 Å². The predicted molar refractivity (Wildman–Crippen MR) is 110 cm³/mol. The number of aromatic amines is 1. The van der Waals surface area contributed by atoms with Crippen LogP contribution in [0.5, 0.6) is 0 Å². The van der Waals surface area contributed by atoms with Gasteiger partial charge < -0.3 is 10.6 Å². The van der Waals surface area contributed by atoms with Gasteiger partial charge in [-0.25, -0.2) is 9.37 Å². The molecule has 0 saturated carbocycles. The molecule has 0 radical (unpaired) electrons. The number of hydrogen-bond acceptors (Lipinski definition) is 5. The van der Waals surface area contributed by atoms with Crippen molar-refractivity contribution in [1.82, 2.24) is 20.5 Å². The van der Waals surface area contributed by atoms with E-state index in [1.165, 1.54) is 18.2 Å². The molecule has 7 nitrogen and oxygen atoms in total. The van der Waals surface area contributed by atoms with E-state index >= 15 is 0 Å². The predicted octanol–water partition coefficient (Wildman–Crippen LogP) is 3.91. The molecule has 0 fully saturated rings. The second kappa shape index (κ2) is 9.73. The molecule has 2 amide bonds. The summed E-state index contributed by atoms with van der Waals surface area (Å²) in [6.07, 6.45) is 0. The van der Waals surface area contributed by atoms with E-state index in [-0.39, 0.29) is 29.1 Å². The molecule has 0 aliphatic rings. The first-order valence-electron chi connectivity index (χ1n) is 8.23. The molecule has 29 heavy (non-hydrogen) atoms. The molecule has 0 bridgehead atoms. The standard InChI is InChI=1S/C18H14Cl2FN5O2S/c19-11-3-1-10(2-4-11)17(28)22-8-15-24-18(26-25-15)29-9-16(27)23-12-5-6-14(21)13(20)7-12/h1-7H,8-9H2,(H,22,28)(H,23,27)(H,24,25,26). The first-order chi connectivity index (χ1) is 13.9. The van der Waals surface area contributed by atoms with Crippen molar-refractivity contribution in [1.29, 1.82) is 0 Å². The smallest absolute Gasteiger partial charge is 0.251 e. The number of amides is 2. The van der Waals surface area contributed by atoms with Gasteiger partial charge in [0.25, 0.3) is 5.91 Å². The van der Waals surface area contributed by atoms with E-state index in [9.17, 15) is 14.0 Å². The van der Waals surface area contributed by atoms with Gasteiger partial charge in [0.1, 0.15) is 11.6 Å². The van der Waals surface area contributed by atoms with Crippen LogP contribution < -0.4 is 10.6 Å². The van der Waals surface area contributed by atoms with Crippen LogP contribution in [0.3, 0.4) is 0 Å². The number of nitrogens with one attached hydrogen (secondary N) is 3. The van der Waals surface area contributed by atoms with Gasteiger partial charge in [-0.1, -0.05) is 35.0 Å². The Bertz CT molecular complexity index is 1030. The van der Waals surface area contributed by atoms with Crippen molar-refractivity contribution >= 4 is 52.5 Å². The lowest BCUT2D eigenvalue weighted by atomic mass is 10.2. The summed E-state index contributed by atoms with van der Waals surface area (Å²) in [6.45, 7) is 0.148. The number of nitrogens with zero attached hydrogens (tertiary/aromatic N) is 2. The summed E-state index contributed by atoms with van der Waals surface area (Å²) < 4.78 is 13.1. The third kappa shape index (κ3) is 6.18. The minimum Gasteiger partial charge on any atom is -0.345 e. The summed E-state index contributed by atoms with van der Waals surface area (Å²) in [5.74, 6) is -0.663. The molecule has 0 atom stereocenters. The molecule has 1 aromatic heterocycles. The summed E-state index contributed by atoms with van der Waals surface area (Å²) >= 11 is 12.6. The van der Waals surface area contributed by atoms with Crippen LogP contribution in [0, 0.1) is 5.82 Å². The average Bonchev–Trinajstić information content (AvgIpc) is 3.16. The summed E-state index contributed by atoms with van der Waals surface area (Å²) in [4.78, 5) is 28.3. The van der Waals surface area contributed by atoms with Crippen LogP contribution in [0.2, 0.25) is 10.0 Å². The van der Waals surface area contributed by atoms with E-state index in [1.807, 2.05) is 0 Å². The maximum absolute atomic E-state index is 13.1. The molecular weight excluding hydrogens is 440 g/mol. The molecule has 0 spiro atoms. The third-order valence-corrected chi connectivity index (χ3v) is 4.96. The van der Waals surface area contributed by atoms with E-state index in [0.29, 0.717) is 27.3 Å². The van der Waals surface area contributed by atoms with Crippen molar-refractivity contribution in [2.45, 2.75) is 11.7 Å². The number of anilines is 1. The molecule has 150 valence electrons. The zero-order valence-electron chi connectivity index (χ0n) is 14.7. The second-order valence-corrected chi connectivity index (χ2v) is 7.51. The van der Waals surface area contributed by atoms with Gasteiger partial charge in [0.05, 0.1) is 17.3 Å². The lowest BCUT2D eigenvalue weighted by Gasteiger charge is -2.04. The number of aromatic nitrogens is 3. The van der Waals surface area contributed by atoms with Gasteiger partial charge >= 0.3 is 0 Å². The van der Waals surface area contributed by atoms with Crippen LogP contribution in [0.15, 0.2) is 47.6 Å². The van der Waals surface area contributed by atoms with Gasteiger partial charge in [0, 0.05) is 16.3 Å². The third-order valence-electron chi connectivity index (χ3n) is 3.57. The molecule has 3 aromatic rings. The minimum absolute atomic E-state index is 0.0451. The van der Waals surface area contributed by atoms with Crippen molar-refractivity contribution in [3.8, 4) is 0 Å². The van der Waals surface area contributed by atoms with E-state index in [4.69, 9.17) is 23.2 Å². The topological polar surface area (TPSA) is 99.8 Å². The highest BCUT2D eigenvalue weighted by Gasteiger charge is 2.11. The fraction of sp³-hybridized carbons (Fsp3) is 0.111. The molecule has 0 unspecified atom stereocenters. The fourth-order valence-electron chi connectivity index (χ4n) is 2.19. The van der Waals surface area contributed by atoms with E-state index < -0.39 is 5.82 Å². The van der Waals surface area contributed by atoms with Crippen molar-refractivity contribution in [3.05, 3.63) is 69.7 Å². The Morgan fingerprint density at radius 1 is 1.14 bits per heavy atom. The molecule has 3 N–H and O–H groups in total. The van der Waals surface area contributed by atoms with Crippen LogP contribution in [0.1, 0.15) is 16.2 Å². The van der Waals surface area contributed by atoms with Gasteiger partial charge in [0.2, 0.25) is 11.1 Å². The van der Waals surface area contributed by atoms with Gasteiger partial charge in [-0.3, -0.25) is 14.7 Å². The highest BCUT2D eigenvalue weighted by Crippen LogP contribution is 2.20. The highest BCUT2D eigenvalue weighted by molar-refractivity contribution is 7.99. The Morgan fingerprint density at radius 2 is 1.90 bits per heavy atom. The maximum atomic E-state index is 13.1. The van der Waals surface area contributed by atoms with Gasteiger partial charge in [-0.05, 0) is 42.5 Å². The Labute approximate surface area is 179 Å². The number of carbonyl (C=O) groups is 2.